The van der Waals surface area contributed by atoms with E-state index in [1.54, 1.807) is 26.0 Å². The number of phenolic OH excluding ortho intramolecular Hbond substituents is 1. The van der Waals surface area contributed by atoms with Crippen molar-refractivity contribution in [1.82, 2.24) is 4.90 Å². The van der Waals surface area contributed by atoms with E-state index in [0.717, 1.165) is 0 Å². The van der Waals surface area contributed by atoms with Crippen LogP contribution >= 0.6 is 0 Å². The molecule has 0 radical (unpaired) electrons. The molecule has 0 aliphatic heterocycles. The molecule has 1 aromatic carbocycles. The highest BCUT2D eigenvalue weighted by molar-refractivity contribution is 5.96. The maximum atomic E-state index is 12.0. The van der Waals surface area contributed by atoms with Crippen LogP contribution in [0.3, 0.4) is 0 Å². The summed E-state index contributed by atoms with van der Waals surface area (Å²) in [5.41, 5.74) is 1.03. The van der Waals surface area contributed by atoms with Gasteiger partial charge in [0.2, 0.25) is 0 Å². The van der Waals surface area contributed by atoms with Gasteiger partial charge in [-0.25, -0.2) is 0 Å². The van der Waals surface area contributed by atoms with Crippen LogP contribution in [0.15, 0.2) is 18.2 Å². The van der Waals surface area contributed by atoms with Gasteiger partial charge in [-0.2, -0.15) is 0 Å². The van der Waals surface area contributed by atoms with Gasteiger partial charge in [0.25, 0.3) is 5.91 Å². The molecule has 0 aromatic heterocycles. The molecule has 0 heterocycles. The van der Waals surface area contributed by atoms with Crippen molar-refractivity contribution in [3.05, 3.63) is 29.3 Å². The Balaban J connectivity index is 2.74. The molecule has 0 saturated carbocycles. The lowest BCUT2D eigenvalue weighted by atomic mass is 10.1. The molecular weight excluding hydrogens is 234 g/mol. The summed E-state index contributed by atoms with van der Waals surface area (Å²) in [5.74, 6) is -0.728. The average molecular weight is 251 g/mol. The van der Waals surface area contributed by atoms with E-state index in [1.165, 1.54) is 18.0 Å². The van der Waals surface area contributed by atoms with E-state index < -0.39 is 5.97 Å². The van der Waals surface area contributed by atoms with Crippen molar-refractivity contribution in [1.29, 1.82) is 0 Å². The highest BCUT2D eigenvalue weighted by Crippen LogP contribution is 2.18. The van der Waals surface area contributed by atoms with Crippen LogP contribution < -0.4 is 0 Å². The minimum atomic E-state index is -0.454. The second-order valence-corrected chi connectivity index (χ2v) is 3.97. The number of likely N-dealkylation sites (N-methyl/N-ethyl adjacent to an activating group) is 1. The van der Waals surface area contributed by atoms with Crippen LogP contribution in [0.25, 0.3) is 0 Å². The Labute approximate surface area is 106 Å². The normalized spacial score (nSPS) is 9.94. The van der Waals surface area contributed by atoms with E-state index in [0.29, 0.717) is 11.1 Å². The van der Waals surface area contributed by atoms with Crippen LogP contribution in [0, 0.1) is 6.92 Å². The van der Waals surface area contributed by atoms with E-state index in [1.807, 2.05) is 0 Å². The van der Waals surface area contributed by atoms with E-state index in [2.05, 4.69) is 0 Å². The van der Waals surface area contributed by atoms with Crippen molar-refractivity contribution in [2.75, 3.05) is 20.2 Å². The van der Waals surface area contributed by atoms with Crippen LogP contribution in [0.1, 0.15) is 22.8 Å². The summed E-state index contributed by atoms with van der Waals surface area (Å²) in [5, 5.41) is 9.53. The number of carbonyl (C=O) groups is 2. The van der Waals surface area contributed by atoms with Crippen LogP contribution in [-0.4, -0.2) is 42.1 Å². The van der Waals surface area contributed by atoms with E-state index >= 15 is 0 Å². The van der Waals surface area contributed by atoms with Gasteiger partial charge in [0.05, 0.1) is 6.61 Å². The molecule has 5 heteroatoms. The van der Waals surface area contributed by atoms with Gasteiger partial charge in [0.1, 0.15) is 12.3 Å². The standard InChI is InChI=1S/C13H17NO4/c1-4-18-12(16)8-14(3)13(17)10-6-5-9(2)11(15)7-10/h5-7,15H,4,8H2,1-3H3. The second kappa shape index (κ2) is 6.05. The zero-order valence-electron chi connectivity index (χ0n) is 10.8. The Bertz CT molecular complexity index is 456. The van der Waals surface area contributed by atoms with Crippen molar-refractivity contribution in [2.45, 2.75) is 13.8 Å². The molecule has 98 valence electrons. The van der Waals surface area contributed by atoms with Crippen molar-refractivity contribution >= 4 is 11.9 Å². The molecule has 0 atom stereocenters. The molecule has 18 heavy (non-hydrogen) atoms. The van der Waals surface area contributed by atoms with E-state index in [4.69, 9.17) is 4.74 Å². The zero-order valence-corrected chi connectivity index (χ0v) is 10.8. The highest BCUT2D eigenvalue weighted by atomic mass is 16.5. The van der Waals surface area contributed by atoms with Gasteiger partial charge in [-0.1, -0.05) is 6.07 Å². The number of esters is 1. The number of aryl methyl sites for hydroxylation is 1. The van der Waals surface area contributed by atoms with Crippen molar-refractivity contribution in [3.8, 4) is 5.75 Å². The zero-order chi connectivity index (χ0) is 13.7. The van der Waals surface area contributed by atoms with Crippen LogP contribution in [-0.2, 0) is 9.53 Å². The molecule has 1 aromatic rings. The monoisotopic (exact) mass is 251 g/mol. The van der Waals surface area contributed by atoms with Crippen molar-refractivity contribution < 1.29 is 19.4 Å². The Hall–Kier alpha value is -2.04. The summed E-state index contributed by atoms with van der Waals surface area (Å²) in [4.78, 5) is 24.5. The largest absolute Gasteiger partial charge is 0.508 e. The van der Waals surface area contributed by atoms with E-state index in [-0.39, 0.29) is 24.8 Å². The molecule has 5 nitrogen and oxygen atoms in total. The summed E-state index contributed by atoms with van der Waals surface area (Å²) < 4.78 is 4.76. The lowest BCUT2D eigenvalue weighted by Gasteiger charge is -2.16. The molecule has 0 fully saturated rings. The van der Waals surface area contributed by atoms with Crippen LogP contribution in [0.4, 0.5) is 0 Å². The number of amides is 1. The molecule has 0 spiro atoms. The first kappa shape index (κ1) is 14.0. The quantitative estimate of drug-likeness (QED) is 0.820. The third-order valence-electron chi connectivity index (χ3n) is 2.47. The third kappa shape index (κ3) is 3.48. The van der Waals surface area contributed by atoms with Gasteiger partial charge in [-0.15, -0.1) is 0 Å². The Morgan fingerprint density at radius 1 is 1.39 bits per heavy atom. The summed E-state index contributed by atoms with van der Waals surface area (Å²) in [7, 11) is 1.51. The van der Waals surface area contributed by atoms with Crippen LogP contribution in [0.5, 0.6) is 5.75 Å². The fraction of sp³-hybridized carbons (Fsp3) is 0.385. The minimum absolute atomic E-state index is 0.0605. The van der Waals surface area contributed by atoms with Crippen LogP contribution in [0.2, 0.25) is 0 Å². The van der Waals surface area contributed by atoms with Gasteiger partial charge >= 0.3 is 5.97 Å². The first-order chi connectivity index (χ1) is 8.45. The Morgan fingerprint density at radius 2 is 2.06 bits per heavy atom. The predicted molar refractivity (Wildman–Crippen MR) is 66.4 cm³/mol. The SMILES string of the molecule is CCOC(=O)CN(C)C(=O)c1ccc(C)c(O)c1. The van der Waals surface area contributed by atoms with Gasteiger partial charge in [-0.3, -0.25) is 9.59 Å². The number of hydrogen-bond acceptors (Lipinski definition) is 4. The number of phenols is 1. The molecule has 1 rings (SSSR count). The van der Waals surface area contributed by atoms with Gasteiger partial charge in [-0.05, 0) is 31.5 Å². The summed E-state index contributed by atoms with van der Waals surface area (Å²) in [6, 6.07) is 4.65. The maximum Gasteiger partial charge on any atom is 0.325 e. The number of ether oxygens (including phenoxy) is 1. The number of aromatic hydroxyl groups is 1. The number of nitrogens with zero attached hydrogens (tertiary/aromatic N) is 1. The molecular formula is C13H17NO4. The third-order valence-corrected chi connectivity index (χ3v) is 2.47. The molecule has 0 aliphatic carbocycles. The first-order valence-corrected chi connectivity index (χ1v) is 5.66. The number of benzene rings is 1. The Kier molecular flexibility index (Phi) is 4.71. The highest BCUT2D eigenvalue weighted by Gasteiger charge is 2.16. The summed E-state index contributed by atoms with van der Waals surface area (Å²) >= 11 is 0. The average Bonchev–Trinajstić information content (AvgIpc) is 2.32. The molecule has 0 unspecified atom stereocenters. The number of carbonyl (C=O) groups excluding carboxylic acids is 2. The number of rotatable bonds is 4. The van der Waals surface area contributed by atoms with E-state index in [9.17, 15) is 14.7 Å². The lowest BCUT2D eigenvalue weighted by molar-refractivity contribution is -0.143. The van der Waals surface area contributed by atoms with Gasteiger partial charge in [0, 0.05) is 12.6 Å². The first-order valence-electron chi connectivity index (χ1n) is 5.66. The molecule has 0 aliphatic rings. The molecule has 1 amide bonds. The topological polar surface area (TPSA) is 66.8 Å². The van der Waals surface area contributed by atoms with Gasteiger partial charge in [0.15, 0.2) is 0 Å². The van der Waals surface area contributed by atoms with Crippen molar-refractivity contribution in [2.24, 2.45) is 0 Å². The fourth-order valence-electron chi connectivity index (χ4n) is 1.43. The summed E-state index contributed by atoms with van der Waals surface area (Å²) in [6.45, 7) is 3.62. The van der Waals surface area contributed by atoms with Crippen molar-refractivity contribution in [3.63, 3.8) is 0 Å². The second-order valence-electron chi connectivity index (χ2n) is 3.97. The smallest absolute Gasteiger partial charge is 0.325 e. The molecule has 1 N–H and O–H groups in total. The minimum Gasteiger partial charge on any atom is -0.508 e. The predicted octanol–water partition coefficient (Wildman–Crippen LogP) is 1.34. The number of hydrogen-bond donors (Lipinski definition) is 1. The maximum absolute atomic E-state index is 12.0. The Morgan fingerprint density at radius 3 is 2.61 bits per heavy atom. The molecule has 0 bridgehead atoms. The molecule has 0 saturated heterocycles. The summed E-state index contributed by atoms with van der Waals surface area (Å²) in [6.07, 6.45) is 0. The van der Waals surface area contributed by atoms with Gasteiger partial charge < -0.3 is 14.7 Å². The lowest BCUT2D eigenvalue weighted by Crippen LogP contribution is -2.33. The fourth-order valence-corrected chi connectivity index (χ4v) is 1.43.